The van der Waals surface area contributed by atoms with Gasteiger partial charge < -0.3 is 9.84 Å². The van der Waals surface area contributed by atoms with Crippen LogP contribution >= 0.6 is 0 Å². The standard InChI is InChI=1S/C12H12O3/c1-10(13)7-8-12(14)15-9-11-5-3-2-4-6-11/h2-6,10,13H,9H2,1H3. The van der Waals surface area contributed by atoms with Crippen LogP contribution in [0.25, 0.3) is 0 Å². The van der Waals surface area contributed by atoms with Gasteiger partial charge in [0.2, 0.25) is 0 Å². The molecule has 3 heteroatoms. The molecule has 0 fully saturated rings. The summed E-state index contributed by atoms with van der Waals surface area (Å²) in [5.41, 5.74) is 0.907. The van der Waals surface area contributed by atoms with Crippen molar-refractivity contribution in [3.63, 3.8) is 0 Å². The molecule has 0 spiro atoms. The molecule has 3 nitrogen and oxygen atoms in total. The Labute approximate surface area is 88.7 Å². The molecule has 1 aromatic rings. The van der Waals surface area contributed by atoms with Crippen molar-refractivity contribution >= 4 is 5.97 Å². The van der Waals surface area contributed by atoms with Gasteiger partial charge in [0, 0.05) is 5.92 Å². The van der Waals surface area contributed by atoms with Crippen LogP contribution in [0.1, 0.15) is 12.5 Å². The minimum atomic E-state index is -0.811. The Kier molecular flexibility index (Phi) is 4.39. The Hall–Kier alpha value is -1.79. The molecule has 78 valence electrons. The van der Waals surface area contributed by atoms with E-state index in [1.54, 1.807) is 0 Å². The van der Waals surface area contributed by atoms with Crippen LogP contribution < -0.4 is 0 Å². The summed E-state index contributed by atoms with van der Waals surface area (Å²) >= 11 is 0. The Morgan fingerprint density at radius 1 is 1.47 bits per heavy atom. The quantitative estimate of drug-likeness (QED) is 0.446. The van der Waals surface area contributed by atoms with Crippen molar-refractivity contribution < 1.29 is 14.6 Å². The molecule has 0 aliphatic carbocycles. The number of rotatable bonds is 2. The van der Waals surface area contributed by atoms with Crippen LogP contribution in [-0.2, 0) is 16.1 Å². The molecule has 0 bridgehead atoms. The summed E-state index contributed by atoms with van der Waals surface area (Å²) in [6.07, 6.45) is -0.811. The van der Waals surface area contributed by atoms with Gasteiger partial charge in [-0.2, -0.15) is 0 Å². The Bertz CT molecular complexity index is 371. The van der Waals surface area contributed by atoms with E-state index >= 15 is 0 Å². The van der Waals surface area contributed by atoms with E-state index in [9.17, 15) is 4.79 Å². The summed E-state index contributed by atoms with van der Waals surface area (Å²) < 4.78 is 4.85. The van der Waals surface area contributed by atoms with Crippen LogP contribution in [0, 0.1) is 11.8 Å². The lowest BCUT2D eigenvalue weighted by molar-refractivity contribution is -0.137. The molecule has 1 atom stereocenters. The van der Waals surface area contributed by atoms with E-state index in [2.05, 4.69) is 11.8 Å². The van der Waals surface area contributed by atoms with Gasteiger partial charge in [-0.15, -0.1) is 0 Å². The van der Waals surface area contributed by atoms with Crippen LogP contribution in [0.15, 0.2) is 30.3 Å². The van der Waals surface area contributed by atoms with Gasteiger partial charge in [-0.3, -0.25) is 0 Å². The van der Waals surface area contributed by atoms with Gasteiger partial charge in [0.15, 0.2) is 0 Å². The monoisotopic (exact) mass is 204 g/mol. The second kappa shape index (κ2) is 5.84. The highest BCUT2D eigenvalue weighted by atomic mass is 16.5. The summed E-state index contributed by atoms with van der Waals surface area (Å²) in [6, 6.07) is 9.33. The Balaban J connectivity index is 2.39. The predicted molar refractivity (Wildman–Crippen MR) is 55.7 cm³/mol. The molecule has 0 saturated heterocycles. The normalized spacial score (nSPS) is 11.1. The molecule has 0 aliphatic rings. The van der Waals surface area contributed by atoms with Crippen molar-refractivity contribution in [1.82, 2.24) is 0 Å². The number of hydrogen-bond acceptors (Lipinski definition) is 3. The zero-order valence-electron chi connectivity index (χ0n) is 8.43. The highest BCUT2D eigenvalue weighted by molar-refractivity contribution is 5.88. The minimum absolute atomic E-state index is 0.203. The molecule has 1 unspecified atom stereocenters. The molecular formula is C12H12O3. The van der Waals surface area contributed by atoms with E-state index in [0.717, 1.165) is 5.56 Å². The fraction of sp³-hybridized carbons (Fsp3) is 0.250. The zero-order valence-corrected chi connectivity index (χ0v) is 8.43. The van der Waals surface area contributed by atoms with Gasteiger partial charge in [0.05, 0.1) is 0 Å². The maximum Gasteiger partial charge on any atom is 0.384 e. The molecule has 1 rings (SSSR count). The third kappa shape index (κ3) is 4.84. The van der Waals surface area contributed by atoms with E-state index < -0.39 is 12.1 Å². The second-order valence-electron chi connectivity index (χ2n) is 3.01. The van der Waals surface area contributed by atoms with E-state index in [4.69, 9.17) is 9.84 Å². The van der Waals surface area contributed by atoms with Crippen molar-refractivity contribution in [2.45, 2.75) is 19.6 Å². The first-order valence-corrected chi connectivity index (χ1v) is 4.59. The van der Waals surface area contributed by atoms with Gasteiger partial charge >= 0.3 is 5.97 Å². The lowest BCUT2D eigenvalue weighted by Gasteiger charge is -1.99. The average molecular weight is 204 g/mol. The third-order valence-corrected chi connectivity index (χ3v) is 1.60. The summed E-state index contributed by atoms with van der Waals surface area (Å²) in [7, 11) is 0. The fourth-order valence-electron chi connectivity index (χ4n) is 0.923. The fourth-order valence-corrected chi connectivity index (χ4v) is 0.923. The number of esters is 1. The number of aliphatic hydroxyl groups excluding tert-OH is 1. The molecule has 0 radical (unpaired) electrons. The Morgan fingerprint density at radius 3 is 2.73 bits per heavy atom. The topological polar surface area (TPSA) is 46.5 Å². The maximum atomic E-state index is 11.0. The minimum Gasteiger partial charge on any atom is -0.451 e. The number of aliphatic hydroxyl groups is 1. The molecule has 0 aliphatic heterocycles. The molecule has 1 aromatic carbocycles. The van der Waals surface area contributed by atoms with Crippen molar-refractivity contribution in [1.29, 1.82) is 0 Å². The largest absolute Gasteiger partial charge is 0.451 e. The van der Waals surface area contributed by atoms with Crippen LogP contribution in [0.4, 0.5) is 0 Å². The average Bonchev–Trinajstić information content (AvgIpc) is 2.25. The Morgan fingerprint density at radius 2 is 2.13 bits per heavy atom. The summed E-state index contributed by atoms with van der Waals surface area (Å²) in [5.74, 6) is 3.88. The van der Waals surface area contributed by atoms with Gasteiger partial charge in [-0.1, -0.05) is 36.3 Å². The van der Waals surface area contributed by atoms with E-state index in [1.807, 2.05) is 30.3 Å². The first kappa shape index (κ1) is 11.3. The van der Waals surface area contributed by atoms with E-state index in [-0.39, 0.29) is 6.61 Å². The molecule has 0 aromatic heterocycles. The zero-order chi connectivity index (χ0) is 11.1. The van der Waals surface area contributed by atoms with Crippen molar-refractivity contribution in [2.75, 3.05) is 0 Å². The molecule has 15 heavy (non-hydrogen) atoms. The van der Waals surface area contributed by atoms with Crippen LogP contribution in [0.2, 0.25) is 0 Å². The lowest BCUT2D eigenvalue weighted by Crippen LogP contribution is -2.03. The first-order valence-electron chi connectivity index (χ1n) is 4.59. The number of ether oxygens (including phenoxy) is 1. The van der Waals surface area contributed by atoms with Gasteiger partial charge in [0.1, 0.15) is 12.7 Å². The van der Waals surface area contributed by atoms with Gasteiger partial charge in [-0.25, -0.2) is 4.79 Å². The smallest absolute Gasteiger partial charge is 0.384 e. The lowest BCUT2D eigenvalue weighted by atomic mass is 10.2. The summed E-state index contributed by atoms with van der Waals surface area (Å²) in [6.45, 7) is 1.69. The van der Waals surface area contributed by atoms with Gasteiger partial charge in [-0.05, 0) is 12.5 Å². The van der Waals surface area contributed by atoms with Gasteiger partial charge in [0.25, 0.3) is 0 Å². The van der Waals surface area contributed by atoms with Crippen LogP contribution in [0.3, 0.4) is 0 Å². The molecule has 0 amide bonds. The van der Waals surface area contributed by atoms with E-state index in [0.29, 0.717) is 0 Å². The molecular weight excluding hydrogens is 192 g/mol. The van der Waals surface area contributed by atoms with Crippen LogP contribution in [-0.4, -0.2) is 17.2 Å². The first-order chi connectivity index (χ1) is 7.18. The molecule has 0 heterocycles. The van der Waals surface area contributed by atoms with Crippen molar-refractivity contribution in [2.24, 2.45) is 0 Å². The van der Waals surface area contributed by atoms with Crippen molar-refractivity contribution in [3.8, 4) is 11.8 Å². The number of hydrogen-bond donors (Lipinski definition) is 1. The summed E-state index contributed by atoms with van der Waals surface area (Å²) in [4.78, 5) is 11.0. The number of carbonyl (C=O) groups excluding carboxylic acids is 1. The number of carbonyl (C=O) groups is 1. The number of benzene rings is 1. The highest BCUT2D eigenvalue weighted by Gasteiger charge is 1.98. The molecule has 1 N–H and O–H groups in total. The van der Waals surface area contributed by atoms with Crippen LogP contribution in [0.5, 0.6) is 0 Å². The predicted octanol–water partition coefficient (Wildman–Crippen LogP) is 1.11. The van der Waals surface area contributed by atoms with Crippen molar-refractivity contribution in [3.05, 3.63) is 35.9 Å². The maximum absolute atomic E-state index is 11.0. The SMILES string of the molecule is CC(O)C#CC(=O)OCc1ccccc1. The van der Waals surface area contributed by atoms with E-state index in [1.165, 1.54) is 6.92 Å². The second-order valence-corrected chi connectivity index (χ2v) is 3.01. The third-order valence-electron chi connectivity index (χ3n) is 1.60. The molecule has 0 saturated carbocycles. The summed E-state index contributed by atoms with van der Waals surface area (Å²) in [5, 5.41) is 8.81. The highest BCUT2D eigenvalue weighted by Crippen LogP contribution is 2.00.